The van der Waals surface area contributed by atoms with Gasteiger partial charge in [-0.05, 0) is 50.1 Å². The first kappa shape index (κ1) is 16.4. The van der Waals surface area contributed by atoms with Gasteiger partial charge in [0.05, 0.1) is 12.8 Å². The molecule has 118 valence electrons. The Morgan fingerprint density at radius 2 is 1.77 bits per heavy atom. The molecule has 0 aromatic heterocycles. The first-order valence-corrected chi connectivity index (χ1v) is 8.58. The molecule has 0 radical (unpaired) electrons. The lowest BCUT2D eigenvalue weighted by Gasteiger charge is -2.25. The minimum atomic E-state index is -3.68. The predicted octanol–water partition coefficient (Wildman–Crippen LogP) is 3.53. The highest BCUT2D eigenvalue weighted by molar-refractivity contribution is 7.93. The van der Waals surface area contributed by atoms with Crippen molar-refractivity contribution in [1.82, 2.24) is 0 Å². The molecule has 0 saturated heterocycles. The summed E-state index contributed by atoms with van der Waals surface area (Å²) < 4.78 is 32.7. The van der Waals surface area contributed by atoms with Crippen LogP contribution >= 0.6 is 0 Å². The molecule has 22 heavy (non-hydrogen) atoms. The van der Waals surface area contributed by atoms with Crippen molar-refractivity contribution >= 4 is 15.7 Å². The molecule has 4 nitrogen and oxygen atoms in total. The van der Waals surface area contributed by atoms with E-state index in [-0.39, 0.29) is 4.90 Å². The van der Waals surface area contributed by atoms with Crippen LogP contribution in [0.4, 0.5) is 5.69 Å². The van der Waals surface area contributed by atoms with Crippen molar-refractivity contribution in [3.8, 4) is 5.75 Å². The van der Waals surface area contributed by atoms with Crippen molar-refractivity contribution in [2.45, 2.75) is 25.7 Å². The van der Waals surface area contributed by atoms with Crippen LogP contribution in [0, 0.1) is 13.8 Å². The molecule has 0 heterocycles. The van der Waals surface area contributed by atoms with Gasteiger partial charge >= 0.3 is 0 Å². The second kappa shape index (κ2) is 6.40. The van der Waals surface area contributed by atoms with Gasteiger partial charge in [-0.2, -0.15) is 0 Å². The van der Waals surface area contributed by atoms with Crippen LogP contribution in [0.25, 0.3) is 0 Å². The van der Waals surface area contributed by atoms with Gasteiger partial charge in [-0.15, -0.1) is 0 Å². The molecule has 0 amide bonds. The van der Waals surface area contributed by atoms with E-state index in [1.807, 2.05) is 39.0 Å². The summed E-state index contributed by atoms with van der Waals surface area (Å²) in [5.74, 6) is 0.353. The lowest BCUT2D eigenvalue weighted by atomic mass is 10.1. The van der Waals surface area contributed by atoms with E-state index in [0.717, 1.165) is 11.1 Å². The molecule has 0 bridgehead atoms. The average Bonchev–Trinajstić information content (AvgIpc) is 2.51. The maximum absolute atomic E-state index is 13.1. The number of rotatable bonds is 5. The summed E-state index contributed by atoms with van der Waals surface area (Å²) in [4.78, 5) is 0.181. The Bertz CT molecular complexity index is 769. The van der Waals surface area contributed by atoms with E-state index < -0.39 is 10.0 Å². The standard InChI is InChI=1S/C17H21NO3S/c1-5-18(15-12-13(2)10-11-14(15)3)22(19,20)17-9-7-6-8-16(17)21-4/h6-12H,5H2,1-4H3. The summed E-state index contributed by atoms with van der Waals surface area (Å²) in [6, 6.07) is 12.5. The van der Waals surface area contributed by atoms with E-state index in [4.69, 9.17) is 4.74 Å². The van der Waals surface area contributed by atoms with Gasteiger partial charge in [0.1, 0.15) is 10.6 Å². The fraction of sp³-hybridized carbons (Fsp3) is 0.294. The zero-order valence-corrected chi connectivity index (χ0v) is 14.1. The number of hydrogen-bond donors (Lipinski definition) is 0. The first-order valence-electron chi connectivity index (χ1n) is 7.14. The molecule has 0 aliphatic heterocycles. The number of ether oxygens (including phenoxy) is 1. The van der Waals surface area contributed by atoms with Crippen LogP contribution in [0.1, 0.15) is 18.1 Å². The van der Waals surface area contributed by atoms with Crippen molar-refractivity contribution in [2.75, 3.05) is 18.0 Å². The summed E-state index contributed by atoms with van der Waals surface area (Å²) in [7, 11) is -2.20. The molecule has 0 N–H and O–H groups in total. The Labute approximate surface area is 132 Å². The van der Waals surface area contributed by atoms with Crippen LogP contribution < -0.4 is 9.04 Å². The van der Waals surface area contributed by atoms with Crippen molar-refractivity contribution in [1.29, 1.82) is 0 Å². The molecule has 0 aliphatic carbocycles. The van der Waals surface area contributed by atoms with Gasteiger partial charge in [0, 0.05) is 6.54 Å². The van der Waals surface area contributed by atoms with E-state index in [2.05, 4.69) is 0 Å². The topological polar surface area (TPSA) is 46.6 Å². The van der Waals surface area contributed by atoms with Gasteiger partial charge < -0.3 is 4.74 Å². The Balaban J connectivity index is 2.61. The quantitative estimate of drug-likeness (QED) is 0.847. The first-order chi connectivity index (χ1) is 10.4. The van der Waals surface area contributed by atoms with Crippen LogP contribution in [0.2, 0.25) is 0 Å². The van der Waals surface area contributed by atoms with E-state index in [1.165, 1.54) is 11.4 Å². The van der Waals surface area contributed by atoms with Crippen molar-refractivity contribution in [3.63, 3.8) is 0 Å². The molecule has 0 atom stereocenters. The van der Waals surface area contributed by atoms with Crippen LogP contribution in [0.3, 0.4) is 0 Å². The maximum atomic E-state index is 13.1. The van der Waals surface area contributed by atoms with Crippen LogP contribution in [-0.2, 0) is 10.0 Å². The van der Waals surface area contributed by atoms with Gasteiger partial charge in [-0.3, -0.25) is 4.31 Å². The van der Waals surface area contributed by atoms with E-state index in [0.29, 0.717) is 18.0 Å². The Morgan fingerprint density at radius 1 is 1.09 bits per heavy atom. The predicted molar refractivity (Wildman–Crippen MR) is 89.1 cm³/mol. The SMILES string of the molecule is CCN(c1cc(C)ccc1C)S(=O)(=O)c1ccccc1OC. The van der Waals surface area contributed by atoms with Crippen molar-refractivity contribution in [2.24, 2.45) is 0 Å². The lowest BCUT2D eigenvalue weighted by Crippen LogP contribution is -2.31. The van der Waals surface area contributed by atoms with E-state index >= 15 is 0 Å². The molecule has 2 aromatic rings. The summed E-state index contributed by atoms with van der Waals surface area (Å²) in [6.45, 7) is 6.04. The largest absolute Gasteiger partial charge is 0.495 e. The second-order valence-corrected chi connectivity index (χ2v) is 6.94. The Hall–Kier alpha value is -2.01. The molecule has 0 spiro atoms. The fourth-order valence-corrected chi connectivity index (χ4v) is 4.10. The van der Waals surface area contributed by atoms with Crippen molar-refractivity contribution < 1.29 is 13.2 Å². The molecule has 0 unspecified atom stereocenters. The summed E-state index contributed by atoms with van der Waals surface area (Å²) in [6.07, 6.45) is 0. The zero-order chi connectivity index (χ0) is 16.3. The molecular formula is C17H21NO3S. The van der Waals surface area contributed by atoms with Crippen molar-refractivity contribution in [3.05, 3.63) is 53.6 Å². The third-order valence-corrected chi connectivity index (χ3v) is 5.49. The summed E-state index contributed by atoms with van der Waals surface area (Å²) in [5.41, 5.74) is 2.65. The van der Waals surface area contributed by atoms with Crippen LogP contribution in [0.15, 0.2) is 47.4 Å². The van der Waals surface area contributed by atoms with Crippen LogP contribution in [-0.4, -0.2) is 22.1 Å². The zero-order valence-electron chi connectivity index (χ0n) is 13.3. The normalized spacial score (nSPS) is 11.3. The number of anilines is 1. The highest BCUT2D eigenvalue weighted by Crippen LogP contribution is 2.31. The van der Waals surface area contributed by atoms with Gasteiger partial charge in [-0.1, -0.05) is 24.3 Å². The Kier molecular flexibility index (Phi) is 4.76. The average molecular weight is 319 g/mol. The maximum Gasteiger partial charge on any atom is 0.268 e. The molecule has 5 heteroatoms. The molecule has 0 saturated carbocycles. The molecule has 0 fully saturated rings. The number of benzene rings is 2. The minimum absolute atomic E-state index is 0.181. The molecule has 2 aromatic carbocycles. The van der Waals surface area contributed by atoms with Crippen LogP contribution in [0.5, 0.6) is 5.75 Å². The van der Waals surface area contributed by atoms with Gasteiger partial charge in [0.15, 0.2) is 0 Å². The molecule has 2 rings (SSSR count). The number of hydrogen-bond acceptors (Lipinski definition) is 3. The van der Waals surface area contributed by atoms with Gasteiger partial charge in [0.25, 0.3) is 10.0 Å². The summed E-state index contributed by atoms with van der Waals surface area (Å²) in [5, 5.41) is 0. The monoisotopic (exact) mass is 319 g/mol. The number of aryl methyl sites for hydroxylation is 2. The van der Waals surface area contributed by atoms with Gasteiger partial charge in [0.2, 0.25) is 0 Å². The highest BCUT2D eigenvalue weighted by atomic mass is 32.2. The van der Waals surface area contributed by atoms with E-state index in [1.54, 1.807) is 24.3 Å². The summed E-state index contributed by atoms with van der Waals surface area (Å²) >= 11 is 0. The number of para-hydroxylation sites is 1. The Morgan fingerprint density at radius 3 is 2.41 bits per heavy atom. The van der Waals surface area contributed by atoms with Gasteiger partial charge in [-0.25, -0.2) is 8.42 Å². The smallest absolute Gasteiger partial charge is 0.268 e. The lowest BCUT2D eigenvalue weighted by molar-refractivity contribution is 0.402. The minimum Gasteiger partial charge on any atom is -0.495 e. The molecule has 0 aliphatic rings. The number of sulfonamides is 1. The highest BCUT2D eigenvalue weighted by Gasteiger charge is 2.27. The third-order valence-electron chi connectivity index (χ3n) is 3.56. The second-order valence-electron chi connectivity index (χ2n) is 5.11. The fourth-order valence-electron chi connectivity index (χ4n) is 2.41. The number of methoxy groups -OCH3 is 1. The molecular weight excluding hydrogens is 298 g/mol. The number of nitrogens with zero attached hydrogens (tertiary/aromatic N) is 1. The van der Waals surface area contributed by atoms with E-state index in [9.17, 15) is 8.42 Å². The third kappa shape index (κ3) is 2.95.